The van der Waals surface area contributed by atoms with Crippen LogP contribution in [-0.2, 0) is 4.79 Å². The third-order valence-corrected chi connectivity index (χ3v) is 6.49. The quantitative estimate of drug-likeness (QED) is 0.529. The number of hydrogen-bond donors (Lipinski definition) is 0. The van der Waals surface area contributed by atoms with E-state index in [4.69, 9.17) is 0 Å². The predicted octanol–water partition coefficient (Wildman–Crippen LogP) is 4.91. The Bertz CT molecular complexity index is 375. The highest BCUT2D eigenvalue weighted by Gasteiger charge is 2.41. The summed E-state index contributed by atoms with van der Waals surface area (Å²) in [6.45, 7) is 12.0. The van der Waals surface area contributed by atoms with Gasteiger partial charge in [0.25, 0.3) is 0 Å². The van der Waals surface area contributed by atoms with Gasteiger partial charge in [-0.15, -0.1) is 0 Å². The fourth-order valence-corrected chi connectivity index (χ4v) is 5.83. The van der Waals surface area contributed by atoms with Crippen molar-refractivity contribution in [3.05, 3.63) is 11.6 Å². The number of carbonyl (C=O) groups is 1. The smallest absolute Gasteiger partial charge is 0.136 e. The fourth-order valence-electron chi connectivity index (χ4n) is 4.18. The Hall–Kier alpha value is -0.373. The molecule has 0 saturated heterocycles. The number of allylic oxidation sites excluding steroid dienone is 2. The molecule has 108 valence electrons. The Labute approximate surface area is 119 Å². The first-order chi connectivity index (χ1) is 8.78. The highest BCUT2D eigenvalue weighted by Crippen LogP contribution is 2.45. The lowest BCUT2D eigenvalue weighted by Gasteiger charge is -2.42. The molecule has 2 rings (SSSR count). The molecule has 2 aliphatic carbocycles. The van der Waals surface area contributed by atoms with E-state index in [0.29, 0.717) is 17.6 Å². The molecule has 0 heterocycles. The monoisotopic (exact) mass is 278 g/mol. The zero-order valence-electron chi connectivity index (χ0n) is 13.3. The minimum absolute atomic E-state index is 0.353. The summed E-state index contributed by atoms with van der Waals surface area (Å²) < 4.78 is 0. The topological polar surface area (TPSA) is 17.1 Å². The van der Waals surface area contributed by atoms with Crippen LogP contribution >= 0.6 is 0 Å². The van der Waals surface area contributed by atoms with Crippen molar-refractivity contribution in [1.29, 1.82) is 0 Å². The molecule has 1 saturated carbocycles. The van der Waals surface area contributed by atoms with Crippen LogP contribution in [0.3, 0.4) is 0 Å². The number of carbonyl (C=O) groups excluding carboxylic acids is 1. The number of ketones is 1. The lowest BCUT2D eigenvalue weighted by Crippen LogP contribution is -2.39. The van der Waals surface area contributed by atoms with Gasteiger partial charge in [-0.3, -0.25) is 4.79 Å². The van der Waals surface area contributed by atoms with E-state index >= 15 is 0 Å². The number of fused-ring (bicyclic) bond motifs is 1. The SMILES string of the molecule is CC(C)C1CCC(=O)C2CC=C(C[Si](C)(C)C)CC21. The van der Waals surface area contributed by atoms with Crippen LogP contribution in [0.25, 0.3) is 0 Å². The van der Waals surface area contributed by atoms with Crippen molar-refractivity contribution in [2.45, 2.75) is 65.2 Å². The van der Waals surface area contributed by atoms with Crippen molar-refractivity contribution in [2.24, 2.45) is 23.7 Å². The third kappa shape index (κ3) is 3.59. The van der Waals surface area contributed by atoms with E-state index in [1.165, 1.54) is 12.5 Å². The first kappa shape index (κ1) is 15.0. The van der Waals surface area contributed by atoms with Gasteiger partial charge >= 0.3 is 0 Å². The second-order valence-corrected chi connectivity index (χ2v) is 13.7. The van der Waals surface area contributed by atoms with Crippen LogP contribution in [0.5, 0.6) is 0 Å². The van der Waals surface area contributed by atoms with Crippen LogP contribution in [0, 0.1) is 23.7 Å². The van der Waals surface area contributed by atoms with Crippen LogP contribution in [0.4, 0.5) is 0 Å². The molecular formula is C17H30OSi. The van der Waals surface area contributed by atoms with E-state index in [9.17, 15) is 4.79 Å². The third-order valence-electron chi connectivity index (χ3n) is 4.98. The number of Topliss-reactive ketones (excluding diaryl/α,β-unsaturated/α-hetero) is 1. The molecule has 0 radical (unpaired) electrons. The molecule has 0 aromatic heterocycles. The zero-order valence-corrected chi connectivity index (χ0v) is 14.3. The molecule has 1 nitrogen and oxygen atoms in total. The molecule has 3 atom stereocenters. The van der Waals surface area contributed by atoms with Crippen molar-refractivity contribution in [2.75, 3.05) is 0 Å². The van der Waals surface area contributed by atoms with Gasteiger partial charge in [-0.05, 0) is 43.1 Å². The summed E-state index contributed by atoms with van der Waals surface area (Å²) in [5, 5.41) is 0. The highest BCUT2D eigenvalue weighted by atomic mass is 28.3. The van der Waals surface area contributed by atoms with Gasteiger partial charge in [-0.25, -0.2) is 0 Å². The summed E-state index contributed by atoms with van der Waals surface area (Å²) in [7, 11) is -1.02. The van der Waals surface area contributed by atoms with E-state index in [0.717, 1.165) is 31.1 Å². The highest BCUT2D eigenvalue weighted by molar-refractivity contribution is 6.76. The first-order valence-corrected chi connectivity index (χ1v) is 11.7. The molecule has 0 bridgehead atoms. The van der Waals surface area contributed by atoms with Crippen LogP contribution < -0.4 is 0 Å². The number of rotatable bonds is 3. The Morgan fingerprint density at radius 1 is 1.32 bits per heavy atom. The van der Waals surface area contributed by atoms with Gasteiger partial charge in [0.1, 0.15) is 5.78 Å². The van der Waals surface area contributed by atoms with Gasteiger partial charge in [-0.2, -0.15) is 0 Å². The van der Waals surface area contributed by atoms with Crippen LogP contribution in [0.2, 0.25) is 25.7 Å². The second kappa shape index (κ2) is 5.55. The molecule has 0 N–H and O–H groups in total. The van der Waals surface area contributed by atoms with E-state index in [-0.39, 0.29) is 0 Å². The molecule has 0 spiro atoms. The normalized spacial score (nSPS) is 32.2. The van der Waals surface area contributed by atoms with Crippen molar-refractivity contribution in [3.8, 4) is 0 Å². The van der Waals surface area contributed by atoms with Gasteiger partial charge < -0.3 is 0 Å². The molecule has 1 fully saturated rings. The average Bonchev–Trinajstić information content (AvgIpc) is 2.26. The lowest BCUT2D eigenvalue weighted by atomic mass is 9.62. The van der Waals surface area contributed by atoms with Gasteiger partial charge in [0.2, 0.25) is 0 Å². The fraction of sp³-hybridized carbons (Fsp3) is 0.824. The Morgan fingerprint density at radius 3 is 2.58 bits per heavy atom. The van der Waals surface area contributed by atoms with E-state index in [1.54, 1.807) is 5.57 Å². The summed E-state index contributed by atoms with van der Waals surface area (Å²) >= 11 is 0. The molecule has 2 aliphatic rings. The van der Waals surface area contributed by atoms with E-state index < -0.39 is 8.07 Å². The Balaban J connectivity index is 2.14. The molecule has 0 aromatic rings. The molecule has 3 unspecified atom stereocenters. The van der Waals surface area contributed by atoms with Crippen LogP contribution in [-0.4, -0.2) is 13.9 Å². The van der Waals surface area contributed by atoms with E-state index in [1.807, 2.05) is 0 Å². The van der Waals surface area contributed by atoms with Crippen molar-refractivity contribution in [3.63, 3.8) is 0 Å². The second-order valence-electron chi connectivity index (χ2n) is 8.22. The molecule has 19 heavy (non-hydrogen) atoms. The standard InChI is InChI=1S/C17H30OSi/c1-12(2)14-8-9-17(18)15-7-6-13(10-16(14)15)11-19(3,4)5/h6,12,14-16H,7-11H2,1-5H3. The van der Waals surface area contributed by atoms with Crippen molar-refractivity contribution < 1.29 is 4.79 Å². The summed E-state index contributed by atoms with van der Waals surface area (Å²) in [6, 6.07) is 1.33. The number of hydrogen-bond acceptors (Lipinski definition) is 1. The molecule has 0 amide bonds. The molecule has 2 heteroatoms. The van der Waals surface area contributed by atoms with Gasteiger partial charge in [0, 0.05) is 20.4 Å². The maximum absolute atomic E-state index is 12.2. The van der Waals surface area contributed by atoms with Crippen molar-refractivity contribution in [1.82, 2.24) is 0 Å². The maximum Gasteiger partial charge on any atom is 0.136 e. The summed E-state index contributed by atoms with van der Waals surface area (Å²) in [5.41, 5.74) is 1.67. The predicted molar refractivity (Wildman–Crippen MR) is 85.0 cm³/mol. The zero-order chi connectivity index (χ0) is 14.2. The summed E-state index contributed by atoms with van der Waals surface area (Å²) in [5.74, 6) is 3.05. The van der Waals surface area contributed by atoms with Gasteiger partial charge in [-0.1, -0.05) is 45.1 Å². The molecular weight excluding hydrogens is 248 g/mol. The van der Waals surface area contributed by atoms with Gasteiger partial charge in [0.05, 0.1) is 0 Å². The van der Waals surface area contributed by atoms with Crippen LogP contribution in [0.1, 0.15) is 39.5 Å². The Morgan fingerprint density at radius 2 is 2.00 bits per heavy atom. The maximum atomic E-state index is 12.2. The minimum Gasteiger partial charge on any atom is -0.299 e. The van der Waals surface area contributed by atoms with Crippen molar-refractivity contribution >= 4 is 13.9 Å². The largest absolute Gasteiger partial charge is 0.299 e. The first-order valence-electron chi connectivity index (χ1n) is 7.98. The van der Waals surface area contributed by atoms with Crippen LogP contribution in [0.15, 0.2) is 11.6 Å². The van der Waals surface area contributed by atoms with Gasteiger partial charge in [0.15, 0.2) is 0 Å². The Kier molecular flexibility index (Phi) is 4.39. The lowest BCUT2D eigenvalue weighted by molar-refractivity contribution is -0.129. The van der Waals surface area contributed by atoms with E-state index in [2.05, 4.69) is 39.6 Å². The molecule has 0 aromatic carbocycles. The average molecular weight is 279 g/mol. The summed E-state index contributed by atoms with van der Waals surface area (Å²) in [4.78, 5) is 12.2. The minimum atomic E-state index is -1.02. The summed E-state index contributed by atoms with van der Waals surface area (Å²) in [6.07, 6.45) is 6.63. The molecule has 0 aliphatic heterocycles.